The van der Waals surface area contributed by atoms with Crippen LogP contribution in [0.5, 0.6) is 0 Å². The van der Waals surface area contributed by atoms with E-state index >= 15 is 0 Å². The molecular formula is C20H15BrN2OS. The summed E-state index contributed by atoms with van der Waals surface area (Å²) in [6.45, 7) is 0. The Kier molecular flexibility index (Phi) is 5.58. The van der Waals surface area contributed by atoms with Gasteiger partial charge in [-0.25, -0.2) is 0 Å². The van der Waals surface area contributed by atoms with Gasteiger partial charge in [-0.05, 0) is 62.7 Å². The molecule has 0 saturated heterocycles. The molecule has 0 fully saturated rings. The largest absolute Gasteiger partial charge is 0.331 e. The van der Waals surface area contributed by atoms with E-state index in [0.29, 0.717) is 0 Å². The van der Waals surface area contributed by atoms with E-state index in [-0.39, 0.29) is 11.0 Å². The Hall–Kier alpha value is -2.50. The van der Waals surface area contributed by atoms with Crippen LogP contribution in [0.3, 0.4) is 0 Å². The van der Waals surface area contributed by atoms with E-state index < -0.39 is 0 Å². The highest BCUT2D eigenvalue weighted by Crippen LogP contribution is 2.21. The number of rotatable bonds is 3. The zero-order valence-corrected chi connectivity index (χ0v) is 15.6. The first kappa shape index (κ1) is 17.3. The van der Waals surface area contributed by atoms with E-state index in [4.69, 9.17) is 12.2 Å². The summed E-state index contributed by atoms with van der Waals surface area (Å²) < 4.78 is 0.873. The van der Waals surface area contributed by atoms with Crippen LogP contribution in [0.2, 0.25) is 0 Å². The number of nitrogens with one attached hydrogen (secondary N) is 2. The molecule has 0 saturated carbocycles. The lowest BCUT2D eigenvalue weighted by molar-refractivity contribution is -0.115. The molecule has 0 atom stereocenters. The first-order valence-electron chi connectivity index (χ1n) is 7.66. The van der Waals surface area contributed by atoms with Crippen molar-refractivity contribution in [2.75, 3.05) is 5.32 Å². The molecule has 25 heavy (non-hydrogen) atoms. The molecule has 0 spiro atoms. The van der Waals surface area contributed by atoms with Crippen LogP contribution in [0.15, 0.2) is 77.3 Å². The molecule has 3 aromatic rings. The molecule has 3 nitrogen and oxygen atoms in total. The first-order chi connectivity index (χ1) is 12.1. The SMILES string of the molecule is O=C(/C=C/c1cccc2ccccc12)NC(=S)Nc1ccccc1Br. The summed E-state index contributed by atoms with van der Waals surface area (Å²) in [6.07, 6.45) is 3.27. The maximum atomic E-state index is 12.1. The van der Waals surface area contributed by atoms with Crippen molar-refractivity contribution in [3.63, 3.8) is 0 Å². The molecular weight excluding hydrogens is 396 g/mol. The summed E-state index contributed by atoms with van der Waals surface area (Å²) >= 11 is 8.61. The average molecular weight is 411 g/mol. The van der Waals surface area contributed by atoms with E-state index in [2.05, 4.69) is 26.6 Å². The van der Waals surface area contributed by atoms with Crippen LogP contribution < -0.4 is 10.6 Å². The molecule has 5 heteroatoms. The van der Waals surface area contributed by atoms with Gasteiger partial charge in [-0.15, -0.1) is 0 Å². The number of amides is 1. The Morgan fingerprint density at radius 1 is 0.960 bits per heavy atom. The Bertz CT molecular complexity index is 963. The predicted molar refractivity (Wildman–Crippen MR) is 111 cm³/mol. The Morgan fingerprint density at radius 3 is 2.52 bits per heavy atom. The fourth-order valence-electron chi connectivity index (χ4n) is 2.43. The Balaban J connectivity index is 1.66. The topological polar surface area (TPSA) is 41.1 Å². The molecule has 0 aliphatic rings. The fraction of sp³-hybridized carbons (Fsp3) is 0. The van der Waals surface area contributed by atoms with E-state index in [9.17, 15) is 4.79 Å². The zero-order chi connectivity index (χ0) is 17.6. The molecule has 1 amide bonds. The molecule has 0 aliphatic heterocycles. The van der Waals surface area contributed by atoms with Gasteiger partial charge >= 0.3 is 0 Å². The van der Waals surface area contributed by atoms with Crippen molar-refractivity contribution in [3.8, 4) is 0 Å². The predicted octanol–water partition coefficient (Wildman–Crippen LogP) is 5.13. The van der Waals surface area contributed by atoms with Crippen LogP contribution in [-0.2, 0) is 4.79 Å². The summed E-state index contributed by atoms with van der Waals surface area (Å²) in [5.74, 6) is -0.280. The summed E-state index contributed by atoms with van der Waals surface area (Å²) in [4.78, 5) is 12.1. The second-order valence-electron chi connectivity index (χ2n) is 5.32. The van der Waals surface area contributed by atoms with Gasteiger partial charge in [0.25, 0.3) is 0 Å². The lowest BCUT2D eigenvalue weighted by Gasteiger charge is -2.09. The molecule has 0 aliphatic carbocycles. The minimum absolute atomic E-state index is 0.250. The number of halogens is 1. The second kappa shape index (κ2) is 8.05. The van der Waals surface area contributed by atoms with Crippen molar-refractivity contribution in [2.45, 2.75) is 0 Å². The molecule has 3 aromatic carbocycles. The van der Waals surface area contributed by atoms with Gasteiger partial charge in [0, 0.05) is 10.5 Å². The van der Waals surface area contributed by atoms with Gasteiger partial charge in [-0.2, -0.15) is 0 Å². The maximum absolute atomic E-state index is 12.1. The number of carbonyl (C=O) groups excluding carboxylic acids is 1. The summed E-state index contributed by atoms with van der Waals surface area (Å²) in [5, 5.41) is 8.12. The molecule has 0 aromatic heterocycles. The normalized spacial score (nSPS) is 10.8. The van der Waals surface area contributed by atoms with Gasteiger partial charge in [-0.1, -0.05) is 54.6 Å². The van der Waals surface area contributed by atoms with Crippen molar-refractivity contribution in [3.05, 3.63) is 82.8 Å². The van der Waals surface area contributed by atoms with Gasteiger partial charge in [0.2, 0.25) is 5.91 Å². The molecule has 3 rings (SSSR count). The van der Waals surface area contributed by atoms with E-state index in [1.54, 1.807) is 6.08 Å². The second-order valence-corrected chi connectivity index (χ2v) is 6.59. The summed E-state index contributed by atoms with van der Waals surface area (Å²) in [7, 11) is 0. The maximum Gasteiger partial charge on any atom is 0.250 e. The quantitative estimate of drug-likeness (QED) is 0.464. The average Bonchev–Trinajstić information content (AvgIpc) is 2.62. The smallest absolute Gasteiger partial charge is 0.250 e. The third-order valence-corrected chi connectivity index (χ3v) is 4.49. The van der Waals surface area contributed by atoms with Crippen molar-refractivity contribution in [2.24, 2.45) is 0 Å². The first-order valence-corrected chi connectivity index (χ1v) is 8.86. The number of fused-ring (bicyclic) bond motifs is 1. The minimum Gasteiger partial charge on any atom is -0.331 e. The number of thiocarbonyl (C=S) groups is 1. The van der Waals surface area contributed by atoms with Gasteiger partial charge in [0.1, 0.15) is 0 Å². The van der Waals surface area contributed by atoms with E-state index in [1.807, 2.05) is 66.7 Å². The van der Waals surface area contributed by atoms with E-state index in [0.717, 1.165) is 26.5 Å². The lowest BCUT2D eigenvalue weighted by Crippen LogP contribution is -2.32. The standard InChI is InChI=1S/C20H15BrN2OS/c21-17-10-3-4-11-18(17)22-20(25)23-19(24)13-12-15-8-5-7-14-6-1-2-9-16(14)15/h1-13H,(H2,22,23,24,25)/b13-12+. The fourth-order valence-corrected chi connectivity index (χ4v) is 3.03. The van der Waals surface area contributed by atoms with Gasteiger partial charge in [0.05, 0.1) is 5.69 Å². The number of anilines is 1. The molecule has 2 N–H and O–H groups in total. The third-order valence-electron chi connectivity index (χ3n) is 3.60. The van der Waals surface area contributed by atoms with Gasteiger partial charge < -0.3 is 5.32 Å². The van der Waals surface area contributed by atoms with Crippen LogP contribution in [0, 0.1) is 0 Å². The van der Waals surface area contributed by atoms with Crippen molar-refractivity contribution in [1.82, 2.24) is 5.32 Å². The van der Waals surface area contributed by atoms with Crippen LogP contribution in [0.4, 0.5) is 5.69 Å². The zero-order valence-electron chi connectivity index (χ0n) is 13.2. The highest BCUT2D eigenvalue weighted by atomic mass is 79.9. The van der Waals surface area contributed by atoms with Crippen molar-refractivity contribution >= 4 is 61.7 Å². The van der Waals surface area contributed by atoms with Crippen LogP contribution >= 0.6 is 28.1 Å². The number of carbonyl (C=O) groups is 1. The minimum atomic E-state index is -0.280. The van der Waals surface area contributed by atoms with Crippen molar-refractivity contribution in [1.29, 1.82) is 0 Å². The summed E-state index contributed by atoms with van der Waals surface area (Å²) in [5.41, 5.74) is 1.78. The van der Waals surface area contributed by atoms with Gasteiger partial charge in [0.15, 0.2) is 5.11 Å². The molecule has 0 heterocycles. The lowest BCUT2D eigenvalue weighted by atomic mass is 10.0. The molecule has 0 bridgehead atoms. The number of hydrogen-bond donors (Lipinski definition) is 2. The summed E-state index contributed by atoms with van der Waals surface area (Å²) in [6, 6.07) is 21.6. The highest BCUT2D eigenvalue weighted by molar-refractivity contribution is 9.10. The molecule has 124 valence electrons. The van der Waals surface area contributed by atoms with Crippen LogP contribution in [0.25, 0.3) is 16.8 Å². The Morgan fingerprint density at radius 2 is 1.68 bits per heavy atom. The van der Waals surface area contributed by atoms with Crippen LogP contribution in [-0.4, -0.2) is 11.0 Å². The Labute approximate surface area is 159 Å². The number of benzene rings is 3. The molecule has 0 radical (unpaired) electrons. The molecule has 0 unspecified atom stereocenters. The van der Waals surface area contributed by atoms with Crippen LogP contribution in [0.1, 0.15) is 5.56 Å². The van der Waals surface area contributed by atoms with Crippen molar-refractivity contribution < 1.29 is 4.79 Å². The third kappa shape index (κ3) is 4.53. The number of para-hydroxylation sites is 1. The number of hydrogen-bond acceptors (Lipinski definition) is 2. The van der Waals surface area contributed by atoms with E-state index in [1.165, 1.54) is 6.08 Å². The highest BCUT2D eigenvalue weighted by Gasteiger charge is 2.04. The van der Waals surface area contributed by atoms with Gasteiger partial charge in [-0.3, -0.25) is 10.1 Å². The monoisotopic (exact) mass is 410 g/mol.